The van der Waals surface area contributed by atoms with E-state index < -0.39 is 0 Å². The second kappa shape index (κ2) is 3.64. The second-order valence-corrected chi connectivity index (χ2v) is 5.81. The molecule has 0 spiro atoms. The zero-order valence-electron chi connectivity index (χ0n) is 8.14. The number of anilines is 1. The van der Waals surface area contributed by atoms with Gasteiger partial charge in [0.15, 0.2) is 0 Å². The summed E-state index contributed by atoms with van der Waals surface area (Å²) in [7, 11) is 0. The third-order valence-corrected chi connectivity index (χ3v) is 4.77. The molecule has 0 saturated carbocycles. The highest BCUT2D eigenvalue weighted by Gasteiger charge is 2.21. The Morgan fingerprint density at radius 2 is 2.33 bits per heavy atom. The van der Waals surface area contributed by atoms with Gasteiger partial charge in [0.2, 0.25) is 0 Å². The van der Waals surface area contributed by atoms with Gasteiger partial charge in [-0.15, -0.1) is 11.3 Å². The minimum atomic E-state index is 0.457. The first-order chi connectivity index (χ1) is 7.34. The number of nitrogens with two attached hydrogens (primary N) is 1. The molecule has 0 amide bonds. The van der Waals surface area contributed by atoms with E-state index in [1.165, 1.54) is 18.6 Å². The fourth-order valence-corrected chi connectivity index (χ4v) is 3.81. The topological polar surface area (TPSA) is 51.8 Å². The molecule has 2 aromatic heterocycles. The zero-order valence-corrected chi connectivity index (χ0v) is 9.77. The molecule has 5 heteroatoms. The van der Waals surface area contributed by atoms with Crippen LogP contribution in [0.25, 0.3) is 10.2 Å². The van der Waals surface area contributed by atoms with Crippen LogP contribution < -0.4 is 5.73 Å². The van der Waals surface area contributed by atoms with Gasteiger partial charge in [-0.1, -0.05) is 0 Å². The van der Waals surface area contributed by atoms with Crippen molar-refractivity contribution < 1.29 is 0 Å². The fraction of sp³-hybridized carbons (Fsp3) is 0.400. The standard InChI is InChI=1S/C10H11N3S2/c11-8-6-3-5-15-10(6)13-9(12-8)7-2-1-4-14-7/h3,5,7H,1-2,4H2,(H2,11,12,13). The maximum atomic E-state index is 5.92. The monoisotopic (exact) mass is 237 g/mol. The third-order valence-electron chi connectivity index (χ3n) is 2.59. The van der Waals surface area contributed by atoms with E-state index in [4.69, 9.17) is 5.73 Å². The average molecular weight is 237 g/mol. The number of rotatable bonds is 1. The highest BCUT2D eigenvalue weighted by molar-refractivity contribution is 7.99. The minimum Gasteiger partial charge on any atom is -0.383 e. The summed E-state index contributed by atoms with van der Waals surface area (Å²) in [6, 6.07) is 1.99. The summed E-state index contributed by atoms with van der Waals surface area (Å²) in [6.07, 6.45) is 2.45. The maximum Gasteiger partial charge on any atom is 0.145 e. The molecule has 78 valence electrons. The van der Waals surface area contributed by atoms with Crippen molar-refractivity contribution in [2.24, 2.45) is 0 Å². The van der Waals surface area contributed by atoms with Gasteiger partial charge in [-0.3, -0.25) is 0 Å². The Hall–Kier alpha value is -0.810. The van der Waals surface area contributed by atoms with Crippen molar-refractivity contribution in [2.75, 3.05) is 11.5 Å². The molecule has 15 heavy (non-hydrogen) atoms. The molecule has 1 fully saturated rings. The number of fused-ring (bicyclic) bond motifs is 1. The predicted molar refractivity (Wildman–Crippen MR) is 66.3 cm³/mol. The second-order valence-electron chi connectivity index (χ2n) is 3.61. The summed E-state index contributed by atoms with van der Waals surface area (Å²) in [5.74, 6) is 2.77. The number of aromatic nitrogens is 2. The molecule has 1 saturated heterocycles. The fourth-order valence-electron chi connectivity index (χ4n) is 1.82. The molecule has 1 aliphatic heterocycles. The first-order valence-electron chi connectivity index (χ1n) is 4.97. The van der Waals surface area contributed by atoms with Crippen LogP contribution in [0, 0.1) is 0 Å². The van der Waals surface area contributed by atoms with Gasteiger partial charge in [0, 0.05) is 0 Å². The normalized spacial score (nSPS) is 21.2. The Balaban J connectivity index is 2.11. The molecule has 1 unspecified atom stereocenters. The van der Waals surface area contributed by atoms with Crippen LogP contribution >= 0.6 is 23.1 Å². The number of nitrogens with zero attached hydrogens (tertiary/aromatic N) is 2. The lowest BCUT2D eigenvalue weighted by Crippen LogP contribution is -2.01. The molecule has 3 nitrogen and oxygen atoms in total. The van der Waals surface area contributed by atoms with Crippen molar-refractivity contribution in [1.29, 1.82) is 0 Å². The lowest BCUT2D eigenvalue weighted by Gasteiger charge is -2.07. The van der Waals surface area contributed by atoms with Crippen LogP contribution in [-0.2, 0) is 0 Å². The molecular weight excluding hydrogens is 226 g/mol. The van der Waals surface area contributed by atoms with E-state index in [9.17, 15) is 0 Å². The van der Waals surface area contributed by atoms with Crippen molar-refractivity contribution >= 4 is 39.1 Å². The van der Waals surface area contributed by atoms with Gasteiger partial charge in [0.1, 0.15) is 16.5 Å². The quantitative estimate of drug-likeness (QED) is 0.828. The molecular formula is C10H11N3S2. The molecule has 2 aromatic rings. The van der Waals surface area contributed by atoms with Gasteiger partial charge in [0.05, 0.1) is 10.6 Å². The van der Waals surface area contributed by atoms with Crippen LogP contribution in [0.3, 0.4) is 0 Å². The van der Waals surface area contributed by atoms with Crippen LogP contribution in [0.15, 0.2) is 11.4 Å². The number of hydrogen-bond donors (Lipinski definition) is 1. The Labute approximate surface area is 96.1 Å². The molecule has 2 N–H and O–H groups in total. The first kappa shape index (κ1) is 9.42. The van der Waals surface area contributed by atoms with Gasteiger partial charge < -0.3 is 5.73 Å². The van der Waals surface area contributed by atoms with Gasteiger partial charge in [0.25, 0.3) is 0 Å². The predicted octanol–water partition coefficient (Wildman–Crippen LogP) is 2.84. The van der Waals surface area contributed by atoms with Gasteiger partial charge >= 0.3 is 0 Å². The summed E-state index contributed by atoms with van der Waals surface area (Å²) >= 11 is 3.57. The van der Waals surface area contributed by atoms with E-state index in [1.54, 1.807) is 11.3 Å². The summed E-state index contributed by atoms with van der Waals surface area (Å²) in [5.41, 5.74) is 5.92. The van der Waals surface area contributed by atoms with Crippen LogP contribution in [0.2, 0.25) is 0 Å². The summed E-state index contributed by atoms with van der Waals surface area (Å²) in [6.45, 7) is 0. The van der Waals surface area contributed by atoms with Crippen LogP contribution in [-0.4, -0.2) is 15.7 Å². The van der Waals surface area contributed by atoms with Crippen LogP contribution in [0.1, 0.15) is 23.9 Å². The molecule has 0 bridgehead atoms. The molecule has 0 aliphatic carbocycles. The van der Waals surface area contributed by atoms with E-state index in [2.05, 4.69) is 9.97 Å². The van der Waals surface area contributed by atoms with Gasteiger partial charge in [-0.25, -0.2) is 9.97 Å². The Morgan fingerprint density at radius 1 is 1.40 bits per heavy atom. The highest BCUT2D eigenvalue weighted by atomic mass is 32.2. The van der Waals surface area contributed by atoms with E-state index in [1.807, 2.05) is 23.2 Å². The van der Waals surface area contributed by atoms with Crippen molar-refractivity contribution in [1.82, 2.24) is 9.97 Å². The summed E-state index contributed by atoms with van der Waals surface area (Å²) < 4.78 is 0. The molecule has 1 atom stereocenters. The Morgan fingerprint density at radius 3 is 3.13 bits per heavy atom. The van der Waals surface area contributed by atoms with Crippen molar-refractivity contribution in [3.05, 3.63) is 17.3 Å². The lowest BCUT2D eigenvalue weighted by molar-refractivity contribution is 0.785. The largest absolute Gasteiger partial charge is 0.383 e. The van der Waals surface area contributed by atoms with E-state index >= 15 is 0 Å². The Bertz CT molecular complexity index is 488. The van der Waals surface area contributed by atoms with Gasteiger partial charge in [-0.2, -0.15) is 11.8 Å². The number of nitrogen functional groups attached to an aromatic ring is 1. The van der Waals surface area contributed by atoms with Crippen molar-refractivity contribution in [3.63, 3.8) is 0 Å². The van der Waals surface area contributed by atoms with Crippen LogP contribution in [0.5, 0.6) is 0 Å². The first-order valence-corrected chi connectivity index (χ1v) is 6.89. The smallest absolute Gasteiger partial charge is 0.145 e. The number of hydrogen-bond acceptors (Lipinski definition) is 5. The molecule has 3 rings (SSSR count). The average Bonchev–Trinajstić information content (AvgIpc) is 2.88. The summed E-state index contributed by atoms with van der Waals surface area (Å²) in [5, 5.41) is 3.46. The van der Waals surface area contributed by atoms with Crippen LogP contribution in [0.4, 0.5) is 5.82 Å². The summed E-state index contributed by atoms with van der Waals surface area (Å²) in [4.78, 5) is 10.0. The zero-order chi connectivity index (χ0) is 10.3. The van der Waals surface area contributed by atoms with E-state index in [-0.39, 0.29) is 0 Å². The number of thiophene rings is 1. The van der Waals surface area contributed by atoms with E-state index in [0.29, 0.717) is 11.1 Å². The molecule has 0 radical (unpaired) electrons. The van der Waals surface area contributed by atoms with Gasteiger partial charge in [-0.05, 0) is 30.0 Å². The number of thioether (sulfide) groups is 1. The Kier molecular flexibility index (Phi) is 2.29. The maximum absolute atomic E-state index is 5.92. The third kappa shape index (κ3) is 1.59. The highest BCUT2D eigenvalue weighted by Crippen LogP contribution is 2.39. The molecule has 0 aromatic carbocycles. The molecule has 1 aliphatic rings. The minimum absolute atomic E-state index is 0.457. The van der Waals surface area contributed by atoms with Crippen molar-refractivity contribution in [3.8, 4) is 0 Å². The van der Waals surface area contributed by atoms with Crippen molar-refractivity contribution in [2.45, 2.75) is 18.1 Å². The lowest BCUT2D eigenvalue weighted by atomic mass is 10.2. The SMILES string of the molecule is Nc1nc(C2CCCS2)nc2sccc12. The van der Waals surface area contributed by atoms with E-state index in [0.717, 1.165) is 16.0 Å². The molecule has 3 heterocycles.